The van der Waals surface area contributed by atoms with Crippen LogP contribution < -0.4 is 4.90 Å². The Balaban J connectivity index is 1.26. The van der Waals surface area contributed by atoms with E-state index >= 15 is 0 Å². The van der Waals surface area contributed by atoms with Crippen molar-refractivity contribution in [2.45, 2.75) is 45.2 Å². The molecule has 2 unspecified atom stereocenters. The van der Waals surface area contributed by atoms with Crippen LogP contribution >= 0.6 is 0 Å². The first-order valence-electron chi connectivity index (χ1n) is 10.4. The summed E-state index contributed by atoms with van der Waals surface area (Å²) in [7, 11) is 0. The lowest BCUT2D eigenvalue weighted by Crippen LogP contribution is -2.52. The van der Waals surface area contributed by atoms with Gasteiger partial charge in [0.2, 0.25) is 5.95 Å². The van der Waals surface area contributed by atoms with Gasteiger partial charge in [0.15, 0.2) is 0 Å². The van der Waals surface area contributed by atoms with Gasteiger partial charge in [0, 0.05) is 69.8 Å². The molecule has 0 aromatic carbocycles. The standard InChI is InChI=1S/C20H33N5O/c1-17-4-2-3-5-19(17)24-8-6-23(7-9-24)16-18-14-21-20(22-15-18)25-10-12-26-13-11-25/h14-15,17,19H,2-13,16H2,1H3. The first kappa shape index (κ1) is 18.1. The Bertz CT molecular complexity index is 552. The summed E-state index contributed by atoms with van der Waals surface area (Å²) in [6.45, 7) is 11.5. The van der Waals surface area contributed by atoms with Gasteiger partial charge in [-0.15, -0.1) is 0 Å². The molecule has 144 valence electrons. The van der Waals surface area contributed by atoms with E-state index in [1.165, 1.54) is 44.3 Å². The normalized spacial score (nSPS) is 29.0. The van der Waals surface area contributed by atoms with E-state index in [0.717, 1.165) is 63.8 Å². The zero-order valence-electron chi connectivity index (χ0n) is 16.1. The van der Waals surface area contributed by atoms with Crippen LogP contribution in [0.5, 0.6) is 0 Å². The second-order valence-electron chi connectivity index (χ2n) is 8.13. The molecule has 0 N–H and O–H groups in total. The van der Waals surface area contributed by atoms with Gasteiger partial charge in [0.1, 0.15) is 0 Å². The highest BCUT2D eigenvalue weighted by molar-refractivity contribution is 5.30. The zero-order valence-corrected chi connectivity index (χ0v) is 16.1. The number of rotatable bonds is 4. The molecule has 2 saturated heterocycles. The highest BCUT2D eigenvalue weighted by Gasteiger charge is 2.29. The van der Waals surface area contributed by atoms with Crippen molar-refractivity contribution < 1.29 is 4.74 Å². The average molecular weight is 360 g/mol. The molecule has 2 atom stereocenters. The molecule has 4 rings (SSSR count). The average Bonchev–Trinajstić information content (AvgIpc) is 2.70. The van der Waals surface area contributed by atoms with Crippen LogP contribution in [0.15, 0.2) is 12.4 Å². The van der Waals surface area contributed by atoms with E-state index in [9.17, 15) is 0 Å². The molecule has 1 saturated carbocycles. The molecule has 2 aliphatic heterocycles. The maximum absolute atomic E-state index is 5.40. The van der Waals surface area contributed by atoms with E-state index in [4.69, 9.17) is 4.74 Å². The van der Waals surface area contributed by atoms with Crippen LogP contribution in [0.1, 0.15) is 38.2 Å². The van der Waals surface area contributed by atoms with Crippen LogP contribution in [0.3, 0.4) is 0 Å². The van der Waals surface area contributed by atoms with E-state index < -0.39 is 0 Å². The number of ether oxygens (including phenoxy) is 1. The van der Waals surface area contributed by atoms with E-state index in [-0.39, 0.29) is 0 Å². The lowest BCUT2D eigenvalue weighted by molar-refractivity contribution is 0.0517. The van der Waals surface area contributed by atoms with Gasteiger partial charge in [-0.1, -0.05) is 19.8 Å². The Labute approximate surface area is 157 Å². The first-order valence-corrected chi connectivity index (χ1v) is 10.4. The fourth-order valence-electron chi connectivity index (χ4n) is 4.71. The molecule has 6 nitrogen and oxygen atoms in total. The third-order valence-corrected chi connectivity index (χ3v) is 6.33. The second kappa shape index (κ2) is 8.63. The van der Waals surface area contributed by atoms with E-state index in [1.54, 1.807) is 0 Å². The molecule has 0 amide bonds. The molecule has 0 radical (unpaired) electrons. The Morgan fingerprint density at radius 2 is 1.65 bits per heavy atom. The van der Waals surface area contributed by atoms with Gasteiger partial charge in [-0.2, -0.15) is 0 Å². The number of nitrogens with zero attached hydrogens (tertiary/aromatic N) is 5. The van der Waals surface area contributed by atoms with Crippen LogP contribution in [0.4, 0.5) is 5.95 Å². The van der Waals surface area contributed by atoms with Crippen LogP contribution in [0.25, 0.3) is 0 Å². The van der Waals surface area contributed by atoms with Gasteiger partial charge in [-0.25, -0.2) is 9.97 Å². The van der Waals surface area contributed by atoms with E-state index in [1.807, 2.05) is 12.4 Å². The largest absolute Gasteiger partial charge is 0.378 e. The summed E-state index contributed by atoms with van der Waals surface area (Å²) < 4.78 is 5.40. The number of aromatic nitrogens is 2. The van der Waals surface area contributed by atoms with Crippen molar-refractivity contribution in [1.29, 1.82) is 0 Å². The molecule has 3 heterocycles. The maximum atomic E-state index is 5.40. The van der Waals surface area contributed by atoms with Gasteiger partial charge >= 0.3 is 0 Å². The molecule has 6 heteroatoms. The summed E-state index contributed by atoms with van der Waals surface area (Å²) in [5, 5.41) is 0. The van der Waals surface area contributed by atoms with E-state index in [0.29, 0.717) is 0 Å². The Morgan fingerprint density at radius 1 is 0.962 bits per heavy atom. The third kappa shape index (κ3) is 4.35. The van der Waals surface area contributed by atoms with Gasteiger partial charge < -0.3 is 9.64 Å². The monoisotopic (exact) mass is 359 g/mol. The second-order valence-corrected chi connectivity index (χ2v) is 8.13. The Hall–Kier alpha value is -1.24. The molecular weight excluding hydrogens is 326 g/mol. The molecule has 0 spiro atoms. The van der Waals surface area contributed by atoms with Gasteiger partial charge in [0.25, 0.3) is 0 Å². The van der Waals surface area contributed by atoms with Crippen molar-refractivity contribution in [1.82, 2.24) is 19.8 Å². The fourth-order valence-corrected chi connectivity index (χ4v) is 4.71. The van der Waals surface area contributed by atoms with Crippen molar-refractivity contribution in [2.75, 3.05) is 57.4 Å². The maximum Gasteiger partial charge on any atom is 0.225 e. The minimum absolute atomic E-state index is 0.773. The third-order valence-electron chi connectivity index (χ3n) is 6.33. The van der Waals surface area contributed by atoms with Gasteiger partial charge in [0.05, 0.1) is 13.2 Å². The van der Waals surface area contributed by atoms with Crippen LogP contribution in [0, 0.1) is 5.92 Å². The molecular formula is C20H33N5O. The van der Waals surface area contributed by atoms with Crippen LogP contribution in [0.2, 0.25) is 0 Å². The minimum atomic E-state index is 0.773. The molecule has 3 aliphatic rings. The topological polar surface area (TPSA) is 44.7 Å². The smallest absolute Gasteiger partial charge is 0.225 e. The van der Waals surface area contributed by atoms with Crippen LogP contribution in [-0.2, 0) is 11.3 Å². The quantitative estimate of drug-likeness (QED) is 0.819. The number of anilines is 1. The molecule has 26 heavy (non-hydrogen) atoms. The lowest BCUT2D eigenvalue weighted by Gasteiger charge is -2.43. The predicted molar refractivity (Wildman–Crippen MR) is 103 cm³/mol. The Kier molecular flexibility index (Phi) is 6.02. The number of hydrogen-bond acceptors (Lipinski definition) is 6. The van der Waals surface area contributed by atoms with Crippen LogP contribution in [-0.4, -0.2) is 78.3 Å². The number of morpholine rings is 1. The number of piperazine rings is 1. The summed E-state index contributed by atoms with van der Waals surface area (Å²) in [5.74, 6) is 1.71. The van der Waals surface area contributed by atoms with Gasteiger partial charge in [-0.3, -0.25) is 9.80 Å². The summed E-state index contributed by atoms with van der Waals surface area (Å²) in [5.41, 5.74) is 1.22. The summed E-state index contributed by atoms with van der Waals surface area (Å²) in [4.78, 5) is 16.7. The van der Waals surface area contributed by atoms with Crippen molar-refractivity contribution in [2.24, 2.45) is 5.92 Å². The van der Waals surface area contributed by atoms with Gasteiger partial charge in [-0.05, 0) is 18.8 Å². The molecule has 1 aromatic heterocycles. The minimum Gasteiger partial charge on any atom is -0.378 e. The van der Waals surface area contributed by atoms with Crippen molar-refractivity contribution in [3.05, 3.63) is 18.0 Å². The Morgan fingerprint density at radius 3 is 2.35 bits per heavy atom. The van der Waals surface area contributed by atoms with Crippen molar-refractivity contribution >= 4 is 5.95 Å². The SMILES string of the molecule is CC1CCCCC1N1CCN(Cc2cnc(N3CCOCC3)nc2)CC1. The molecule has 0 bridgehead atoms. The lowest BCUT2D eigenvalue weighted by atomic mass is 9.84. The zero-order chi connectivity index (χ0) is 17.8. The molecule has 3 fully saturated rings. The molecule has 1 aromatic rings. The summed E-state index contributed by atoms with van der Waals surface area (Å²) >= 11 is 0. The summed E-state index contributed by atoms with van der Waals surface area (Å²) in [6.07, 6.45) is 9.68. The van der Waals surface area contributed by atoms with Crippen molar-refractivity contribution in [3.63, 3.8) is 0 Å². The molecule has 1 aliphatic carbocycles. The summed E-state index contributed by atoms with van der Waals surface area (Å²) in [6, 6.07) is 0.821. The highest BCUT2D eigenvalue weighted by atomic mass is 16.5. The first-order chi connectivity index (χ1) is 12.8. The highest BCUT2D eigenvalue weighted by Crippen LogP contribution is 2.28. The number of hydrogen-bond donors (Lipinski definition) is 0. The fraction of sp³-hybridized carbons (Fsp3) is 0.800. The predicted octanol–water partition coefficient (Wildman–Crippen LogP) is 2.01. The van der Waals surface area contributed by atoms with E-state index in [2.05, 4.69) is 31.6 Å². The van der Waals surface area contributed by atoms with Crippen molar-refractivity contribution in [3.8, 4) is 0 Å².